The third-order valence-electron chi connectivity index (χ3n) is 1.04. The van der Waals surface area contributed by atoms with Gasteiger partial charge < -0.3 is 6.53 Å². The van der Waals surface area contributed by atoms with Crippen LogP contribution in [0.1, 0.15) is 6.99 Å². The summed E-state index contributed by atoms with van der Waals surface area (Å²) in [5.74, 6) is 0. The molecule has 2 heteroatoms. The van der Waals surface area contributed by atoms with Crippen LogP contribution in [-0.4, -0.2) is 5.11 Å². The molecule has 0 unspecified atom stereocenters. The van der Waals surface area contributed by atoms with Crippen LogP contribution in [0.15, 0.2) is 49.8 Å². The molecule has 0 radical (unpaired) electrons. The third-order valence-corrected chi connectivity index (χ3v) is 1.04. The number of aliphatic hydroxyl groups excluding tert-OH is 1. The van der Waals surface area contributed by atoms with Gasteiger partial charge in [0.2, 0.25) is 0 Å². The van der Waals surface area contributed by atoms with Crippen molar-refractivity contribution in [2.45, 2.75) is 0 Å². The van der Waals surface area contributed by atoms with Crippen molar-refractivity contribution in [3.05, 3.63) is 55.3 Å². The Morgan fingerprint density at radius 3 is 1.83 bits per heavy atom. The summed E-state index contributed by atoms with van der Waals surface area (Å²) >= 11 is 0. The van der Waals surface area contributed by atoms with Crippen molar-refractivity contribution < 1.29 is 57.9 Å². The van der Waals surface area contributed by atoms with Crippen LogP contribution in [0, 0.1) is 0 Å². The molecule has 0 fully saturated rings. The first-order valence-corrected chi connectivity index (χ1v) is 3.27. The van der Waals surface area contributed by atoms with Crippen molar-refractivity contribution in [3.8, 4) is 0 Å². The molecular weight excluding hydrogens is 175 g/mol. The zero-order valence-corrected chi connectivity index (χ0v) is 10.5. The van der Waals surface area contributed by atoms with E-state index < -0.39 is 0 Å². The van der Waals surface area contributed by atoms with E-state index in [1.54, 1.807) is 0 Å². The minimum Gasteiger partial charge on any atom is -1.00 e. The van der Waals surface area contributed by atoms with E-state index in [-0.39, 0.29) is 52.8 Å². The number of aliphatic hydroxyl groups is 1. The third kappa shape index (κ3) is 8.24. The Labute approximate surface area is 118 Å². The first-order chi connectivity index (χ1) is 5.35. The van der Waals surface area contributed by atoms with E-state index in [9.17, 15) is 0 Å². The molecule has 60 valence electrons. The van der Waals surface area contributed by atoms with Crippen LogP contribution < -0.4 is 51.4 Å². The number of rotatable bonds is 1. The molecule has 1 aromatic carbocycles. The van der Waals surface area contributed by atoms with E-state index in [0.29, 0.717) is 0 Å². The quantitative estimate of drug-likeness (QED) is 0.491. The minimum absolute atomic E-state index is 0. The normalized spacial score (nSPS) is 6.67. The van der Waals surface area contributed by atoms with Gasteiger partial charge in [-0.05, 0) is 5.56 Å². The average Bonchev–Trinajstić information content (AvgIpc) is 2.08. The Morgan fingerprint density at radius 1 is 1.17 bits per heavy atom. The van der Waals surface area contributed by atoms with Crippen molar-refractivity contribution in [2.75, 3.05) is 0 Å². The maximum atomic E-state index is 7.33. The maximum Gasteiger partial charge on any atom is 1.00 e. The van der Waals surface area contributed by atoms with Gasteiger partial charge in [0.25, 0.3) is 0 Å². The Kier molecular flexibility index (Phi) is 13.6. The molecule has 0 atom stereocenters. The minimum atomic E-state index is 0. The van der Waals surface area contributed by atoms with E-state index in [4.69, 9.17) is 5.11 Å². The molecule has 0 heterocycles. The van der Waals surface area contributed by atoms with Crippen LogP contribution in [0.5, 0.6) is 0 Å². The summed E-state index contributed by atoms with van der Waals surface area (Å²) in [6.07, 6.45) is 2.58. The van der Waals surface area contributed by atoms with Gasteiger partial charge in [-0.25, -0.2) is 0 Å². The van der Waals surface area contributed by atoms with Gasteiger partial charge in [0.15, 0.2) is 0 Å². The summed E-state index contributed by atoms with van der Waals surface area (Å²) in [4.78, 5) is 0. The zero-order valence-electron chi connectivity index (χ0n) is 8.40. The van der Waals surface area contributed by atoms with Gasteiger partial charge in [-0.15, -0.1) is 0 Å². The molecule has 0 amide bonds. The molecule has 0 aliphatic rings. The van der Waals surface area contributed by atoms with Gasteiger partial charge in [0, 0.05) is 0 Å². The Hall–Kier alpha value is 0.136. The van der Waals surface area contributed by atoms with Gasteiger partial charge >= 0.3 is 51.4 Å². The molecule has 0 aromatic heterocycles. The fourth-order valence-electron chi connectivity index (χ4n) is 0.589. The van der Waals surface area contributed by atoms with Crippen LogP contribution in [0.3, 0.4) is 0 Å². The summed E-state index contributed by atoms with van der Waals surface area (Å²) < 4.78 is 0. The number of hydrogen-bond acceptors (Lipinski definition) is 1. The largest absolute Gasteiger partial charge is 1.00 e. The fraction of sp³-hybridized carbons (Fsp3) is 0. The molecule has 0 aliphatic heterocycles. The van der Waals surface area contributed by atoms with Crippen LogP contribution in [-0.2, 0) is 0 Å². The molecular formula is C10H13KO. The van der Waals surface area contributed by atoms with Gasteiger partial charge in [0.1, 0.15) is 0 Å². The molecule has 0 saturated heterocycles. The van der Waals surface area contributed by atoms with Gasteiger partial charge in [-0.1, -0.05) is 49.6 Å². The van der Waals surface area contributed by atoms with E-state index in [2.05, 4.69) is 13.2 Å². The molecule has 12 heavy (non-hydrogen) atoms. The van der Waals surface area contributed by atoms with E-state index in [1.807, 2.05) is 36.4 Å². The van der Waals surface area contributed by atoms with Crippen LogP contribution in [0.4, 0.5) is 0 Å². The SMILES string of the molecule is C=CO.C=Cc1ccccc1.[H-].[K+]. The Balaban J connectivity index is -0.000000180. The number of hydrogen-bond donors (Lipinski definition) is 1. The molecule has 1 nitrogen and oxygen atoms in total. The van der Waals surface area contributed by atoms with Crippen molar-refractivity contribution in [1.82, 2.24) is 0 Å². The van der Waals surface area contributed by atoms with Crippen molar-refractivity contribution in [1.29, 1.82) is 0 Å². The molecule has 1 N–H and O–H groups in total. The second-order valence-corrected chi connectivity index (χ2v) is 1.80. The molecule has 1 aromatic rings. The first kappa shape index (κ1) is 14.6. The molecule has 0 bridgehead atoms. The van der Waals surface area contributed by atoms with Crippen LogP contribution in [0.25, 0.3) is 6.08 Å². The van der Waals surface area contributed by atoms with E-state index in [1.165, 1.54) is 5.56 Å². The molecule has 0 spiro atoms. The molecule has 0 saturated carbocycles. The predicted molar refractivity (Wildman–Crippen MR) is 50.5 cm³/mol. The molecule has 1 rings (SSSR count). The monoisotopic (exact) mass is 188 g/mol. The Morgan fingerprint density at radius 2 is 1.58 bits per heavy atom. The molecule has 0 aliphatic carbocycles. The van der Waals surface area contributed by atoms with Crippen molar-refractivity contribution >= 4 is 6.08 Å². The Bertz CT molecular complexity index is 211. The van der Waals surface area contributed by atoms with Crippen molar-refractivity contribution in [2.24, 2.45) is 0 Å². The second kappa shape index (κ2) is 11.1. The van der Waals surface area contributed by atoms with E-state index in [0.717, 1.165) is 6.26 Å². The van der Waals surface area contributed by atoms with Crippen LogP contribution >= 0.6 is 0 Å². The topological polar surface area (TPSA) is 20.2 Å². The van der Waals surface area contributed by atoms with Crippen molar-refractivity contribution in [3.63, 3.8) is 0 Å². The smallest absolute Gasteiger partial charge is 1.00 e. The average molecular weight is 188 g/mol. The predicted octanol–water partition coefficient (Wildman–Crippen LogP) is 0.134. The standard InChI is InChI=1S/C8H8.C2H4O.K.H/c1-2-8-6-4-3-5-7-8;1-2-3;;/h2-7H,1H2;2-3H,1H2;;/q;;+1;-1. The summed E-state index contributed by atoms with van der Waals surface area (Å²) in [6.45, 7) is 6.55. The summed E-state index contributed by atoms with van der Waals surface area (Å²) in [6, 6.07) is 10.0. The summed E-state index contributed by atoms with van der Waals surface area (Å²) in [7, 11) is 0. The zero-order chi connectivity index (χ0) is 8.53. The number of benzene rings is 1. The van der Waals surface area contributed by atoms with Crippen LogP contribution in [0.2, 0.25) is 0 Å². The second-order valence-electron chi connectivity index (χ2n) is 1.80. The fourth-order valence-corrected chi connectivity index (χ4v) is 0.589. The van der Waals surface area contributed by atoms with Gasteiger partial charge in [0.05, 0.1) is 6.26 Å². The first-order valence-electron chi connectivity index (χ1n) is 3.27. The van der Waals surface area contributed by atoms with E-state index >= 15 is 0 Å². The summed E-state index contributed by atoms with van der Waals surface area (Å²) in [5, 5.41) is 7.33. The van der Waals surface area contributed by atoms with Gasteiger partial charge in [-0.3, -0.25) is 0 Å². The summed E-state index contributed by atoms with van der Waals surface area (Å²) in [5.41, 5.74) is 1.17. The maximum absolute atomic E-state index is 7.33. The van der Waals surface area contributed by atoms with Gasteiger partial charge in [-0.2, -0.15) is 0 Å².